The highest BCUT2D eigenvalue weighted by Crippen LogP contribution is 2.47. The van der Waals surface area contributed by atoms with Gasteiger partial charge in [-0.05, 0) is 42.7 Å². The third kappa shape index (κ3) is 4.86. The van der Waals surface area contributed by atoms with Gasteiger partial charge in [0.25, 0.3) is 0 Å². The van der Waals surface area contributed by atoms with Crippen molar-refractivity contribution in [3.8, 4) is 0 Å². The van der Waals surface area contributed by atoms with Gasteiger partial charge in [0.1, 0.15) is 5.69 Å². The van der Waals surface area contributed by atoms with Gasteiger partial charge in [-0.15, -0.1) is 0 Å². The molecule has 0 spiro atoms. The Morgan fingerprint density at radius 3 is 2.28 bits per heavy atom. The average Bonchev–Trinajstić information content (AvgIpc) is 2.71. The minimum atomic E-state index is -4.39. The van der Waals surface area contributed by atoms with Crippen LogP contribution < -0.4 is 4.90 Å². The number of rotatable bonds is 4. The summed E-state index contributed by atoms with van der Waals surface area (Å²) in [7, 11) is 0. The van der Waals surface area contributed by atoms with Crippen LogP contribution in [-0.4, -0.2) is 41.1 Å². The van der Waals surface area contributed by atoms with E-state index in [2.05, 4.69) is 14.8 Å². The van der Waals surface area contributed by atoms with Gasteiger partial charge >= 0.3 is 6.18 Å². The summed E-state index contributed by atoms with van der Waals surface area (Å²) in [6, 6.07) is 2.58. The number of aromatic nitrogens is 1. The van der Waals surface area contributed by atoms with Crippen molar-refractivity contribution in [1.82, 2.24) is 9.88 Å². The van der Waals surface area contributed by atoms with Crippen LogP contribution in [0.15, 0.2) is 18.3 Å². The second-order valence-electron chi connectivity index (χ2n) is 8.87. The molecule has 2 atom stereocenters. The Labute approximate surface area is 176 Å². The van der Waals surface area contributed by atoms with E-state index in [9.17, 15) is 13.2 Å². The summed E-state index contributed by atoms with van der Waals surface area (Å²) in [6.45, 7) is 3.20. The van der Waals surface area contributed by atoms with Crippen molar-refractivity contribution in [2.45, 2.75) is 57.5 Å². The van der Waals surface area contributed by atoms with Crippen LogP contribution in [0, 0.1) is 17.8 Å². The molecule has 7 heteroatoms. The van der Waals surface area contributed by atoms with Crippen LogP contribution in [-0.2, 0) is 6.18 Å². The molecule has 0 bridgehead atoms. The molecule has 3 aliphatic rings. The Kier molecular flexibility index (Phi) is 6.32. The van der Waals surface area contributed by atoms with Gasteiger partial charge in [-0.1, -0.05) is 44.3 Å². The lowest BCUT2D eigenvalue weighted by atomic mass is 9.62. The molecule has 3 nitrogen and oxygen atoms in total. The van der Waals surface area contributed by atoms with E-state index in [1.165, 1.54) is 57.2 Å². The number of nitrogens with zero attached hydrogens (tertiary/aromatic N) is 3. The first-order valence-electron chi connectivity index (χ1n) is 11.0. The summed E-state index contributed by atoms with van der Waals surface area (Å²) >= 11 is 5.79. The molecule has 3 fully saturated rings. The number of pyridine rings is 1. The number of alkyl halides is 3. The second kappa shape index (κ2) is 8.78. The summed E-state index contributed by atoms with van der Waals surface area (Å²) in [5.41, 5.74) is -0.0889. The predicted octanol–water partition coefficient (Wildman–Crippen LogP) is 5.55. The Morgan fingerprint density at radius 2 is 1.72 bits per heavy atom. The van der Waals surface area contributed by atoms with Crippen LogP contribution in [0.25, 0.3) is 0 Å². The van der Waals surface area contributed by atoms with Gasteiger partial charge in [0, 0.05) is 32.6 Å². The van der Waals surface area contributed by atoms with Crippen LogP contribution in [0.4, 0.5) is 18.9 Å². The molecule has 1 aromatic heterocycles. The van der Waals surface area contributed by atoms with Crippen molar-refractivity contribution in [1.29, 1.82) is 0 Å². The molecule has 1 saturated heterocycles. The molecule has 0 aromatic carbocycles. The zero-order valence-electron chi connectivity index (χ0n) is 16.8. The second-order valence-corrected chi connectivity index (χ2v) is 9.34. The van der Waals surface area contributed by atoms with E-state index in [0.29, 0.717) is 0 Å². The van der Waals surface area contributed by atoms with Crippen molar-refractivity contribution < 1.29 is 13.2 Å². The molecule has 0 radical (unpaired) electrons. The largest absolute Gasteiger partial charge is 0.433 e. The molecular formula is C22H30F3N3S. The molecule has 2 aliphatic carbocycles. The van der Waals surface area contributed by atoms with Crippen molar-refractivity contribution in [3.05, 3.63) is 24.0 Å². The Bertz CT molecular complexity index is 692. The molecule has 2 saturated carbocycles. The Balaban J connectivity index is 1.25. The smallest absolute Gasteiger partial charge is 0.367 e. The fourth-order valence-electron chi connectivity index (χ4n) is 5.34. The van der Waals surface area contributed by atoms with Crippen LogP contribution in [0.1, 0.15) is 57.1 Å². The third-order valence-corrected chi connectivity index (χ3v) is 7.63. The van der Waals surface area contributed by atoms with Gasteiger partial charge in [0.2, 0.25) is 0 Å². The van der Waals surface area contributed by atoms with E-state index in [4.69, 9.17) is 12.2 Å². The first-order chi connectivity index (χ1) is 13.9. The molecule has 2 heterocycles. The van der Waals surface area contributed by atoms with Crippen LogP contribution in [0.3, 0.4) is 0 Å². The van der Waals surface area contributed by atoms with Crippen molar-refractivity contribution >= 4 is 22.9 Å². The third-order valence-electron chi connectivity index (χ3n) is 7.20. The lowest BCUT2D eigenvalue weighted by molar-refractivity contribution is -0.141. The zero-order chi connectivity index (χ0) is 20.4. The summed E-state index contributed by atoms with van der Waals surface area (Å²) in [6.07, 6.45) is 7.72. The first kappa shape index (κ1) is 20.9. The predicted molar refractivity (Wildman–Crippen MR) is 113 cm³/mol. The molecule has 2 unspecified atom stereocenters. The van der Waals surface area contributed by atoms with E-state index < -0.39 is 11.9 Å². The maximum atomic E-state index is 12.7. The highest BCUT2D eigenvalue weighted by atomic mass is 32.1. The number of hydrogen-bond acceptors (Lipinski definition) is 3. The Hall–Kier alpha value is -1.37. The van der Waals surface area contributed by atoms with Gasteiger partial charge in [-0.25, -0.2) is 4.98 Å². The van der Waals surface area contributed by atoms with Crippen LogP contribution in [0.5, 0.6) is 0 Å². The topological polar surface area (TPSA) is 19.4 Å². The molecule has 0 N–H and O–H groups in total. The van der Waals surface area contributed by atoms with E-state index in [-0.39, 0.29) is 0 Å². The van der Waals surface area contributed by atoms with Gasteiger partial charge < -0.3 is 9.80 Å². The van der Waals surface area contributed by atoms with E-state index >= 15 is 0 Å². The van der Waals surface area contributed by atoms with Crippen molar-refractivity contribution in [2.24, 2.45) is 17.8 Å². The molecule has 160 valence electrons. The van der Waals surface area contributed by atoms with Crippen LogP contribution >= 0.6 is 12.2 Å². The fraction of sp³-hybridized carbons (Fsp3) is 0.727. The molecule has 4 rings (SSSR count). The summed E-state index contributed by atoms with van der Waals surface area (Å²) in [5, 5.41) is 0. The maximum Gasteiger partial charge on any atom is 0.433 e. The van der Waals surface area contributed by atoms with Gasteiger partial charge in [0.15, 0.2) is 0 Å². The maximum absolute atomic E-state index is 12.7. The average molecular weight is 426 g/mol. The molecule has 1 aromatic rings. The van der Waals surface area contributed by atoms with Crippen molar-refractivity contribution in [2.75, 3.05) is 31.1 Å². The number of anilines is 1. The highest BCUT2D eigenvalue weighted by Gasteiger charge is 2.38. The monoisotopic (exact) mass is 425 g/mol. The molecular weight excluding hydrogens is 395 g/mol. The van der Waals surface area contributed by atoms with Gasteiger partial charge in [-0.3, -0.25) is 0 Å². The highest BCUT2D eigenvalue weighted by molar-refractivity contribution is 7.80. The minimum Gasteiger partial charge on any atom is -0.367 e. The molecule has 1 aliphatic heterocycles. The Morgan fingerprint density at radius 1 is 1.00 bits per heavy atom. The summed E-state index contributed by atoms with van der Waals surface area (Å²) in [5.74, 6) is 2.57. The lowest BCUT2D eigenvalue weighted by Crippen LogP contribution is -2.49. The summed E-state index contributed by atoms with van der Waals surface area (Å²) in [4.78, 5) is 9.07. The minimum absolute atomic E-state index is 0.750. The van der Waals surface area contributed by atoms with E-state index in [0.717, 1.165) is 67.1 Å². The fourth-order valence-corrected chi connectivity index (χ4v) is 5.74. The van der Waals surface area contributed by atoms with Gasteiger partial charge in [0.05, 0.1) is 16.9 Å². The van der Waals surface area contributed by atoms with Gasteiger partial charge in [-0.2, -0.15) is 13.2 Å². The number of thiocarbonyl (C=S) groups is 1. The van der Waals surface area contributed by atoms with E-state index in [1.807, 2.05) is 0 Å². The SMILES string of the molecule is FC(F)(F)c1ccc(N2CCN(C(=S)CC3CCC3C3CCCCC3)CC2)cn1. The molecule has 29 heavy (non-hydrogen) atoms. The number of hydrogen-bond donors (Lipinski definition) is 0. The first-order valence-corrected chi connectivity index (χ1v) is 11.4. The van der Waals surface area contributed by atoms with Crippen molar-refractivity contribution in [3.63, 3.8) is 0 Å². The standard InChI is InChI=1S/C22H30F3N3S/c23-22(24,25)20-9-7-18(15-26-20)27-10-12-28(13-11-27)21(29)14-17-6-8-19(17)16-4-2-1-3-5-16/h7,9,15-17,19H,1-6,8,10-14H2. The number of halogens is 3. The molecule has 0 amide bonds. The van der Waals surface area contributed by atoms with Crippen LogP contribution in [0.2, 0.25) is 0 Å². The lowest BCUT2D eigenvalue weighted by Gasteiger charge is -2.45. The number of piperazine rings is 1. The van der Waals surface area contributed by atoms with E-state index in [1.54, 1.807) is 0 Å². The summed E-state index contributed by atoms with van der Waals surface area (Å²) < 4.78 is 38.1. The normalized spacial score (nSPS) is 26.3. The quantitative estimate of drug-likeness (QED) is 0.589. The zero-order valence-corrected chi connectivity index (χ0v) is 17.6.